The number of thioether (sulfide) groups is 1. The van der Waals surface area contributed by atoms with Gasteiger partial charge in [0.15, 0.2) is 0 Å². The second-order valence-corrected chi connectivity index (χ2v) is 11.3. The molecule has 2 aliphatic heterocycles. The van der Waals surface area contributed by atoms with E-state index in [1.807, 2.05) is 103 Å². The SMILES string of the molecule is CN1CCSC1[C@@H]1O[C@H](COCc2ccccc2)[C@H](OCc2ccccc2)[C@H](OCc2ccccc2)[C@H]1N=[N+]=[N-]. The van der Waals surface area contributed by atoms with Gasteiger partial charge in [0.05, 0.1) is 50.1 Å². The fraction of sp³-hybridized carbons (Fsp3) is 0.419. The van der Waals surface area contributed by atoms with Crippen molar-refractivity contribution in [3.05, 3.63) is 118 Å². The van der Waals surface area contributed by atoms with Crippen LogP contribution >= 0.6 is 11.8 Å². The van der Waals surface area contributed by atoms with E-state index in [0.29, 0.717) is 26.4 Å². The summed E-state index contributed by atoms with van der Waals surface area (Å²) in [7, 11) is 2.08. The summed E-state index contributed by atoms with van der Waals surface area (Å²) < 4.78 is 26.1. The molecule has 40 heavy (non-hydrogen) atoms. The van der Waals surface area contributed by atoms with Crippen LogP contribution in [0, 0.1) is 0 Å². The van der Waals surface area contributed by atoms with Crippen molar-refractivity contribution in [3.8, 4) is 0 Å². The largest absolute Gasteiger partial charge is 0.374 e. The molecule has 6 atom stereocenters. The Balaban J connectivity index is 1.43. The van der Waals surface area contributed by atoms with E-state index in [0.717, 1.165) is 29.0 Å². The van der Waals surface area contributed by atoms with Crippen LogP contribution in [0.2, 0.25) is 0 Å². The van der Waals surface area contributed by atoms with E-state index in [1.165, 1.54) is 0 Å². The maximum Gasteiger partial charge on any atom is 0.113 e. The van der Waals surface area contributed by atoms with Crippen LogP contribution in [0.25, 0.3) is 10.4 Å². The second kappa shape index (κ2) is 14.7. The number of ether oxygens (including phenoxy) is 4. The highest BCUT2D eigenvalue weighted by Crippen LogP contribution is 2.37. The first-order valence-electron chi connectivity index (χ1n) is 13.7. The van der Waals surface area contributed by atoms with Gasteiger partial charge >= 0.3 is 0 Å². The van der Waals surface area contributed by atoms with E-state index in [2.05, 4.69) is 22.0 Å². The van der Waals surface area contributed by atoms with Crippen molar-refractivity contribution in [3.63, 3.8) is 0 Å². The van der Waals surface area contributed by atoms with Gasteiger partial charge in [-0.25, -0.2) is 0 Å². The summed E-state index contributed by atoms with van der Waals surface area (Å²) in [5, 5.41) is 4.31. The number of rotatable bonds is 12. The van der Waals surface area contributed by atoms with Gasteiger partial charge in [0, 0.05) is 17.2 Å². The summed E-state index contributed by atoms with van der Waals surface area (Å²) in [6.45, 7) is 2.47. The van der Waals surface area contributed by atoms with E-state index >= 15 is 0 Å². The Morgan fingerprint density at radius 3 is 1.93 bits per heavy atom. The van der Waals surface area contributed by atoms with Gasteiger partial charge in [-0.1, -0.05) is 96.1 Å². The number of benzene rings is 3. The summed E-state index contributed by atoms with van der Waals surface area (Å²) in [6, 6.07) is 29.6. The van der Waals surface area contributed by atoms with Gasteiger partial charge in [0.1, 0.15) is 12.2 Å². The standard InChI is InChI=1S/C31H36N4O4S/c1-35-17-18-40-31(35)30-27(33-34-32)29(38-21-25-15-9-4-10-16-25)28(37-20-24-13-7-3-8-14-24)26(39-30)22-36-19-23-11-5-2-6-12-23/h2-16,26-31H,17-22H2,1H3/t26-,27-,28+,29-,30-,31?/m1/s1. The summed E-state index contributed by atoms with van der Waals surface area (Å²) in [6.07, 6.45) is -1.84. The maximum atomic E-state index is 9.64. The van der Waals surface area contributed by atoms with Gasteiger partial charge < -0.3 is 18.9 Å². The third-order valence-corrected chi connectivity index (χ3v) is 8.68. The van der Waals surface area contributed by atoms with Crippen LogP contribution in [0.5, 0.6) is 0 Å². The van der Waals surface area contributed by atoms with E-state index in [1.54, 1.807) is 0 Å². The third kappa shape index (κ3) is 7.44. The molecule has 1 unspecified atom stereocenters. The van der Waals surface area contributed by atoms with Crippen LogP contribution in [0.1, 0.15) is 16.7 Å². The van der Waals surface area contributed by atoms with Crippen molar-refractivity contribution < 1.29 is 18.9 Å². The van der Waals surface area contributed by atoms with Gasteiger partial charge in [-0.2, -0.15) is 0 Å². The van der Waals surface area contributed by atoms with Crippen molar-refractivity contribution in [2.75, 3.05) is 26.0 Å². The van der Waals surface area contributed by atoms with Crippen LogP contribution in [0.3, 0.4) is 0 Å². The van der Waals surface area contributed by atoms with Crippen molar-refractivity contribution >= 4 is 11.8 Å². The molecule has 2 fully saturated rings. The summed E-state index contributed by atoms with van der Waals surface area (Å²) in [5.41, 5.74) is 12.8. The molecule has 0 saturated carbocycles. The quantitative estimate of drug-likeness (QED) is 0.157. The lowest BCUT2D eigenvalue weighted by atomic mass is 9.92. The average molecular weight is 561 g/mol. The fourth-order valence-electron chi connectivity index (χ4n) is 5.23. The first-order chi connectivity index (χ1) is 19.7. The zero-order chi connectivity index (χ0) is 27.6. The van der Waals surface area contributed by atoms with Crippen LogP contribution < -0.4 is 0 Å². The van der Waals surface area contributed by atoms with E-state index in [4.69, 9.17) is 18.9 Å². The Labute approximate surface area is 240 Å². The second-order valence-electron chi connectivity index (χ2n) is 10.1. The van der Waals surface area contributed by atoms with Crippen LogP contribution in [-0.4, -0.2) is 66.7 Å². The fourth-order valence-corrected chi connectivity index (χ4v) is 6.64. The van der Waals surface area contributed by atoms with Gasteiger partial charge in [0.2, 0.25) is 0 Å². The molecule has 5 rings (SSSR count). The molecule has 0 aromatic heterocycles. The molecular weight excluding hydrogens is 524 g/mol. The van der Waals surface area contributed by atoms with E-state index in [-0.39, 0.29) is 11.5 Å². The molecule has 3 aromatic rings. The summed E-state index contributed by atoms with van der Waals surface area (Å²) in [5.74, 6) is 0.989. The zero-order valence-electron chi connectivity index (χ0n) is 22.7. The Morgan fingerprint density at radius 1 is 0.850 bits per heavy atom. The van der Waals surface area contributed by atoms with Gasteiger partial charge in [0.25, 0.3) is 0 Å². The number of azide groups is 1. The highest BCUT2D eigenvalue weighted by molar-refractivity contribution is 8.00. The average Bonchev–Trinajstić information content (AvgIpc) is 3.43. The predicted molar refractivity (Wildman–Crippen MR) is 157 cm³/mol. The molecular formula is C31H36N4O4S. The van der Waals surface area contributed by atoms with Crippen LogP contribution in [0.4, 0.5) is 0 Å². The summed E-state index contributed by atoms with van der Waals surface area (Å²) >= 11 is 1.82. The molecule has 2 heterocycles. The molecule has 0 aliphatic carbocycles. The van der Waals surface area contributed by atoms with Crippen molar-refractivity contribution in [2.45, 2.75) is 55.7 Å². The lowest BCUT2D eigenvalue weighted by molar-refractivity contribution is -0.231. The minimum Gasteiger partial charge on any atom is -0.374 e. The molecule has 0 radical (unpaired) electrons. The molecule has 8 nitrogen and oxygen atoms in total. The Hall–Kier alpha value is -2.88. The van der Waals surface area contributed by atoms with Gasteiger partial charge in [-0.15, -0.1) is 11.8 Å². The lowest BCUT2D eigenvalue weighted by Crippen LogP contribution is -2.63. The molecule has 0 bridgehead atoms. The Kier molecular flexibility index (Phi) is 10.5. The molecule has 9 heteroatoms. The number of hydrogen-bond donors (Lipinski definition) is 0. The summed E-state index contributed by atoms with van der Waals surface area (Å²) in [4.78, 5) is 5.50. The highest BCUT2D eigenvalue weighted by Gasteiger charge is 2.51. The van der Waals surface area contributed by atoms with Crippen molar-refractivity contribution in [1.82, 2.24) is 4.90 Å². The van der Waals surface area contributed by atoms with Crippen LogP contribution in [-0.2, 0) is 38.8 Å². The lowest BCUT2D eigenvalue weighted by Gasteiger charge is -2.47. The van der Waals surface area contributed by atoms with Crippen molar-refractivity contribution in [1.29, 1.82) is 0 Å². The van der Waals surface area contributed by atoms with E-state index < -0.39 is 24.4 Å². The topological polar surface area (TPSA) is 88.9 Å². The Bertz CT molecular complexity index is 1220. The predicted octanol–water partition coefficient (Wildman–Crippen LogP) is 5.83. The van der Waals surface area contributed by atoms with Gasteiger partial charge in [-0.05, 0) is 29.3 Å². The zero-order valence-corrected chi connectivity index (χ0v) is 23.5. The third-order valence-electron chi connectivity index (χ3n) is 7.29. The van der Waals surface area contributed by atoms with Gasteiger partial charge in [-0.3, -0.25) is 4.90 Å². The first kappa shape index (κ1) is 28.6. The smallest absolute Gasteiger partial charge is 0.113 e. The molecule has 2 saturated heterocycles. The number of likely N-dealkylation sites (N-methyl/N-ethyl adjacent to an activating group) is 1. The van der Waals surface area contributed by atoms with Crippen LogP contribution in [0.15, 0.2) is 96.1 Å². The van der Waals surface area contributed by atoms with Crippen molar-refractivity contribution in [2.24, 2.45) is 5.11 Å². The molecule has 0 amide bonds. The molecule has 2 aliphatic rings. The molecule has 0 spiro atoms. The molecule has 3 aromatic carbocycles. The number of nitrogens with zero attached hydrogens (tertiary/aromatic N) is 4. The minimum atomic E-state index is -0.571. The molecule has 0 N–H and O–H groups in total. The minimum absolute atomic E-state index is 0.0324. The monoisotopic (exact) mass is 560 g/mol. The Morgan fingerprint density at radius 2 is 1.40 bits per heavy atom. The normalized spacial score (nSPS) is 26.8. The number of hydrogen-bond acceptors (Lipinski definition) is 7. The molecule has 210 valence electrons. The van der Waals surface area contributed by atoms with E-state index in [9.17, 15) is 5.53 Å². The maximum absolute atomic E-state index is 9.64. The highest BCUT2D eigenvalue weighted by atomic mass is 32.2. The first-order valence-corrected chi connectivity index (χ1v) is 14.7.